The van der Waals surface area contributed by atoms with Gasteiger partial charge in [-0.25, -0.2) is 0 Å². The van der Waals surface area contributed by atoms with Gasteiger partial charge in [0, 0.05) is 26.3 Å². The molecule has 0 aliphatic heterocycles. The Morgan fingerprint density at radius 1 is 0.760 bits per heavy atom. The van der Waals surface area contributed by atoms with E-state index in [1.54, 1.807) is 24.4 Å². The van der Waals surface area contributed by atoms with Crippen LogP contribution in [0.4, 0.5) is 0 Å². The van der Waals surface area contributed by atoms with Gasteiger partial charge in [-0.1, -0.05) is 54.6 Å². The summed E-state index contributed by atoms with van der Waals surface area (Å²) in [6.45, 7) is 0.606. The molecular formula is C22H24IrNO-. The molecule has 0 N–H and O–H groups in total. The zero-order valence-electron chi connectivity index (χ0n) is 14.3. The van der Waals surface area contributed by atoms with Crippen molar-refractivity contribution in [3.63, 3.8) is 0 Å². The molecule has 0 saturated heterocycles. The second-order valence-electron chi connectivity index (χ2n) is 5.59. The standard InChI is InChI=1S/C14H13NO.C8H12.Ir/c16-14-9-5-4-8-13(14)11-15-10-12-6-2-1-3-7-12;1-2-4-6-8-7-5-3-1;/h1-9,11,16H,10H2;1-2,7-8H,3-6H2;/p-1. The van der Waals surface area contributed by atoms with Crippen molar-refractivity contribution >= 4 is 6.21 Å². The molecule has 0 aromatic heterocycles. The average molecular weight is 511 g/mol. The molecule has 5 radical (unpaired) electrons. The van der Waals surface area contributed by atoms with Gasteiger partial charge in [-0.3, -0.25) is 4.99 Å². The Kier molecular flexibility index (Phi) is 11.9. The Morgan fingerprint density at radius 2 is 1.28 bits per heavy atom. The van der Waals surface area contributed by atoms with Crippen molar-refractivity contribution in [1.29, 1.82) is 0 Å². The third-order valence-corrected chi connectivity index (χ3v) is 3.60. The molecule has 0 spiro atoms. The van der Waals surface area contributed by atoms with Gasteiger partial charge in [-0.05, 0) is 62.5 Å². The molecule has 3 rings (SSSR count). The van der Waals surface area contributed by atoms with Crippen LogP contribution in [0.2, 0.25) is 0 Å². The molecule has 1 fully saturated rings. The zero-order chi connectivity index (χ0) is 16.9. The molecule has 2 aromatic carbocycles. The van der Waals surface area contributed by atoms with Crippen molar-refractivity contribution in [2.75, 3.05) is 0 Å². The minimum atomic E-state index is 0. The van der Waals surface area contributed by atoms with Crippen molar-refractivity contribution in [2.24, 2.45) is 4.99 Å². The first-order chi connectivity index (χ1) is 11.9. The first-order valence-electron chi connectivity index (χ1n) is 8.46. The molecule has 1 aliphatic rings. The van der Waals surface area contributed by atoms with Crippen LogP contribution in [0.1, 0.15) is 36.8 Å². The van der Waals surface area contributed by atoms with Crippen molar-refractivity contribution in [3.05, 3.63) is 91.4 Å². The fourth-order valence-corrected chi connectivity index (χ4v) is 2.28. The van der Waals surface area contributed by atoms with Gasteiger partial charge in [0.1, 0.15) is 0 Å². The van der Waals surface area contributed by atoms with Gasteiger partial charge in [0.05, 0.1) is 6.54 Å². The third kappa shape index (κ3) is 9.57. The predicted molar refractivity (Wildman–Crippen MR) is 99.3 cm³/mol. The van der Waals surface area contributed by atoms with Gasteiger partial charge in [0.2, 0.25) is 0 Å². The summed E-state index contributed by atoms with van der Waals surface area (Å²) < 4.78 is 0. The van der Waals surface area contributed by atoms with E-state index in [1.165, 1.54) is 25.7 Å². The molecule has 0 atom stereocenters. The smallest absolute Gasteiger partial charge is 0.0639 e. The average Bonchev–Trinajstić information content (AvgIpc) is 2.58. The largest absolute Gasteiger partial charge is 0.872 e. The first kappa shape index (κ1) is 21.6. The Morgan fingerprint density at radius 3 is 1.84 bits per heavy atom. The quantitative estimate of drug-likeness (QED) is 0.549. The summed E-state index contributed by atoms with van der Waals surface area (Å²) in [5, 5.41) is 11.4. The van der Waals surface area contributed by atoms with E-state index in [1.807, 2.05) is 36.4 Å². The van der Waals surface area contributed by atoms with Crippen LogP contribution in [0.3, 0.4) is 0 Å². The topological polar surface area (TPSA) is 35.4 Å². The van der Waals surface area contributed by atoms with E-state index in [9.17, 15) is 5.11 Å². The molecule has 0 unspecified atom stereocenters. The maximum absolute atomic E-state index is 11.4. The second kappa shape index (κ2) is 13.8. The van der Waals surface area contributed by atoms with Crippen LogP contribution >= 0.6 is 0 Å². The summed E-state index contributed by atoms with van der Waals surface area (Å²) >= 11 is 0. The number of aliphatic imine (C=N–C) groups is 1. The molecule has 2 aromatic rings. The van der Waals surface area contributed by atoms with Crippen LogP contribution < -0.4 is 5.11 Å². The molecule has 1 saturated carbocycles. The normalized spacial score (nSPS) is 14.6. The number of rotatable bonds is 3. The van der Waals surface area contributed by atoms with Crippen LogP contribution in [-0.2, 0) is 26.7 Å². The monoisotopic (exact) mass is 511 g/mol. The Bertz CT molecular complexity index is 574. The number of nitrogens with zero attached hydrogens (tertiary/aromatic N) is 1. The molecule has 3 heteroatoms. The first-order valence-corrected chi connectivity index (χ1v) is 8.46. The maximum Gasteiger partial charge on any atom is 0.0639 e. The summed E-state index contributed by atoms with van der Waals surface area (Å²) in [4.78, 5) is 4.25. The molecule has 25 heavy (non-hydrogen) atoms. The van der Waals surface area contributed by atoms with Gasteiger partial charge in [0.25, 0.3) is 0 Å². The molecule has 1 aliphatic carbocycles. The van der Waals surface area contributed by atoms with E-state index >= 15 is 0 Å². The Hall–Kier alpha value is -1.44. The number of benzene rings is 2. The van der Waals surface area contributed by atoms with Crippen LogP contribution in [0.25, 0.3) is 0 Å². The van der Waals surface area contributed by atoms with Gasteiger partial charge >= 0.3 is 0 Å². The van der Waals surface area contributed by atoms with Crippen LogP contribution in [-0.4, -0.2) is 6.21 Å². The Labute approximate surface area is 165 Å². The van der Waals surface area contributed by atoms with E-state index in [-0.39, 0.29) is 25.9 Å². The Balaban J connectivity index is 0.000000295. The second-order valence-corrected chi connectivity index (χ2v) is 5.59. The number of hydrogen-bond donors (Lipinski definition) is 0. The van der Waals surface area contributed by atoms with E-state index in [0.717, 1.165) is 5.56 Å². The predicted octanol–water partition coefficient (Wildman–Crippen LogP) is 4.75. The molecular weight excluding hydrogens is 486 g/mol. The number of para-hydroxylation sites is 1. The van der Waals surface area contributed by atoms with Crippen LogP contribution in [0.15, 0.2) is 59.6 Å². The number of hydrogen-bond acceptors (Lipinski definition) is 2. The van der Waals surface area contributed by atoms with E-state index in [2.05, 4.69) is 30.7 Å². The van der Waals surface area contributed by atoms with E-state index in [0.29, 0.717) is 12.1 Å². The SMILES string of the molecule is [CH]1[CH]CC[CH][CH]CC1.[Ir].[O-]c1ccccc1C=NCc1ccccc1. The van der Waals surface area contributed by atoms with Gasteiger partial charge < -0.3 is 5.11 Å². The van der Waals surface area contributed by atoms with Gasteiger partial charge in [0.15, 0.2) is 0 Å². The molecule has 0 bridgehead atoms. The van der Waals surface area contributed by atoms with Crippen molar-refractivity contribution in [3.8, 4) is 5.75 Å². The third-order valence-electron chi connectivity index (χ3n) is 3.60. The minimum Gasteiger partial charge on any atom is -0.872 e. The summed E-state index contributed by atoms with van der Waals surface area (Å²) in [6.07, 6.45) is 15.6. The molecule has 2 nitrogen and oxygen atoms in total. The maximum atomic E-state index is 11.4. The summed E-state index contributed by atoms with van der Waals surface area (Å²) in [7, 11) is 0. The van der Waals surface area contributed by atoms with E-state index in [4.69, 9.17) is 0 Å². The van der Waals surface area contributed by atoms with Crippen LogP contribution in [0, 0.1) is 25.7 Å². The van der Waals surface area contributed by atoms with Gasteiger partial charge in [-0.15, -0.1) is 5.75 Å². The molecule has 0 heterocycles. The van der Waals surface area contributed by atoms with Crippen molar-refractivity contribution < 1.29 is 25.2 Å². The summed E-state index contributed by atoms with van der Waals surface area (Å²) in [5.41, 5.74) is 1.78. The fraction of sp³-hybridized carbons (Fsp3) is 0.227. The molecule has 133 valence electrons. The van der Waals surface area contributed by atoms with Crippen molar-refractivity contribution in [1.82, 2.24) is 0 Å². The minimum absolute atomic E-state index is 0. The molecule has 0 amide bonds. The zero-order valence-corrected chi connectivity index (χ0v) is 16.7. The summed E-state index contributed by atoms with van der Waals surface area (Å²) in [5.74, 6) is 0.0133. The van der Waals surface area contributed by atoms with Gasteiger partial charge in [-0.2, -0.15) is 0 Å². The summed E-state index contributed by atoms with van der Waals surface area (Å²) in [6, 6.07) is 16.8. The van der Waals surface area contributed by atoms with E-state index < -0.39 is 0 Å². The van der Waals surface area contributed by atoms with Crippen molar-refractivity contribution in [2.45, 2.75) is 32.2 Å². The van der Waals surface area contributed by atoms with Crippen LogP contribution in [0.5, 0.6) is 5.75 Å². The fourth-order valence-electron chi connectivity index (χ4n) is 2.28.